The highest BCUT2D eigenvalue weighted by Crippen LogP contribution is 2.34. The molecule has 2 atom stereocenters. The van der Waals surface area contributed by atoms with Crippen molar-refractivity contribution in [3.63, 3.8) is 0 Å². The number of piperazine rings is 1. The predicted octanol–water partition coefficient (Wildman–Crippen LogP) is 1.96. The van der Waals surface area contributed by atoms with Crippen molar-refractivity contribution in [1.29, 1.82) is 0 Å². The molecule has 2 fully saturated rings. The number of halogens is 2. The summed E-state index contributed by atoms with van der Waals surface area (Å²) in [5.74, 6) is 1.18. The van der Waals surface area contributed by atoms with E-state index < -0.39 is 6.43 Å². The van der Waals surface area contributed by atoms with Gasteiger partial charge in [0.1, 0.15) is 0 Å². The van der Waals surface area contributed by atoms with Crippen LogP contribution in [-0.4, -0.2) is 43.0 Å². The lowest BCUT2D eigenvalue weighted by molar-refractivity contribution is 0.0258. The Labute approximate surface area is 96.4 Å². The van der Waals surface area contributed by atoms with Gasteiger partial charge in [0, 0.05) is 25.2 Å². The van der Waals surface area contributed by atoms with E-state index in [0.29, 0.717) is 12.0 Å². The molecule has 2 aliphatic rings. The Balaban J connectivity index is 1.94. The molecule has 2 rings (SSSR count). The van der Waals surface area contributed by atoms with E-state index in [1.807, 2.05) is 4.90 Å². The van der Waals surface area contributed by atoms with Crippen molar-refractivity contribution in [2.45, 2.75) is 45.2 Å². The normalized spacial score (nSPS) is 32.6. The van der Waals surface area contributed by atoms with E-state index in [1.165, 1.54) is 12.8 Å². The van der Waals surface area contributed by atoms with E-state index in [9.17, 15) is 8.78 Å². The molecule has 0 radical (unpaired) electrons. The maximum atomic E-state index is 12.5. The van der Waals surface area contributed by atoms with Crippen molar-refractivity contribution in [2.75, 3.05) is 19.6 Å². The molecule has 1 saturated carbocycles. The molecule has 0 amide bonds. The highest BCUT2D eigenvalue weighted by molar-refractivity contribution is 4.95. The molecule has 1 N–H and O–H groups in total. The minimum absolute atomic E-state index is 0.0618. The van der Waals surface area contributed by atoms with Gasteiger partial charge >= 0.3 is 0 Å². The molecule has 1 aliphatic heterocycles. The fourth-order valence-electron chi connectivity index (χ4n) is 2.71. The van der Waals surface area contributed by atoms with Crippen LogP contribution in [0.25, 0.3) is 0 Å². The van der Waals surface area contributed by atoms with Crippen LogP contribution in [0.2, 0.25) is 0 Å². The summed E-state index contributed by atoms with van der Waals surface area (Å²) < 4.78 is 25.1. The maximum Gasteiger partial charge on any atom is 0.251 e. The van der Waals surface area contributed by atoms with Crippen molar-refractivity contribution >= 4 is 0 Å². The van der Waals surface area contributed by atoms with Gasteiger partial charge in [-0.3, -0.25) is 4.90 Å². The number of nitrogens with zero attached hydrogens (tertiary/aromatic N) is 1. The molecule has 2 nitrogen and oxygen atoms in total. The summed E-state index contributed by atoms with van der Waals surface area (Å²) >= 11 is 0. The quantitative estimate of drug-likeness (QED) is 0.797. The third kappa shape index (κ3) is 2.92. The van der Waals surface area contributed by atoms with E-state index in [1.54, 1.807) is 0 Å². The van der Waals surface area contributed by atoms with Gasteiger partial charge in [-0.15, -0.1) is 0 Å². The summed E-state index contributed by atoms with van der Waals surface area (Å²) in [6, 6.07) is 0.720. The fourth-order valence-corrected chi connectivity index (χ4v) is 2.71. The first-order chi connectivity index (χ1) is 7.58. The Kier molecular flexibility index (Phi) is 3.80. The van der Waals surface area contributed by atoms with Crippen molar-refractivity contribution < 1.29 is 8.78 Å². The molecule has 1 aliphatic carbocycles. The molecule has 0 aromatic rings. The first kappa shape index (κ1) is 12.2. The van der Waals surface area contributed by atoms with Gasteiger partial charge in [-0.1, -0.05) is 13.8 Å². The van der Waals surface area contributed by atoms with Gasteiger partial charge in [0.25, 0.3) is 6.43 Å². The van der Waals surface area contributed by atoms with Gasteiger partial charge in [-0.05, 0) is 24.7 Å². The van der Waals surface area contributed by atoms with Crippen LogP contribution < -0.4 is 5.32 Å². The molecule has 0 aromatic carbocycles. The minimum Gasteiger partial charge on any atom is -0.311 e. The van der Waals surface area contributed by atoms with Gasteiger partial charge in [-0.2, -0.15) is 0 Å². The van der Waals surface area contributed by atoms with Gasteiger partial charge in [-0.25, -0.2) is 8.78 Å². The Bertz CT molecular complexity index is 229. The molecule has 16 heavy (non-hydrogen) atoms. The van der Waals surface area contributed by atoms with Crippen molar-refractivity contribution in [2.24, 2.45) is 11.8 Å². The third-order valence-electron chi connectivity index (χ3n) is 3.82. The summed E-state index contributed by atoms with van der Waals surface area (Å²) in [6.07, 6.45) is 0.332. The lowest BCUT2D eigenvalue weighted by Crippen LogP contribution is -2.59. The fraction of sp³-hybridized carbons (Fsp3) is 1.00. The molecule has 0 aromatic heterocycles. The standard InChI is InChI=1S/C12H22F2N2/c1-8(2)11-5-15-10(9-3-4-9)6-16(11)7-12(13)14/h8-12,15H,3-7H2,1-2H3. The smallest absolute Gasteiger partial charge is 0.251 e. The summed E-state index contributed by atoms with van der Waals surface area (Å²) in [7, 11) is 0. The third-order valence-corrected chi connectivity index (χ3v) is 3.82. The van der Waals surface area contributed by atoms with E-state index >= 15 is 0 Å². The van der Waals surface area contributed by atoms with Crippen LogP contribution in [0.3, 0.4) is 0 Å². The van der Waals surface area contributed by atoms with E-state index in [-0.39, 0.29) is 12.6 Å². The minimum atomic E-state index is -2.21. The predicted molar refractivity (Wildman–Crippen MR) is 60.7 cm³/mol. The van der Waals surface area contributed by atoms with Gasteiger partial charge < -0.3 is 5.32 Å². The van der Waals surface area contributed by atoms with Crippen LogP contribution in [0.4, 0.5) is 8.78 Å². The monoisotopic (exact) mass is 232 g/mol. The van der Waals surface area contributed by atoms with Crippen LogP contribution >= 0.6 is 0 Å². The SMILES string of the molecule is CC(C)C1CNC(C2CC2)CN1CC(F)F. The molecule has 2 unspecified atom stereocenters. The number of alkyl halides is 2. The molecule has 94 valence electrons. The van der Waals surface area contributed by atoms with Crippen molar-refractivity contribution in [1.82, 2.24) is 10.2 Å². The summed E-state index contributed by atoms with van der Waals surface area (Å²) in [6.45, 7) is 5.84. The Morgan fingerprint density at radius 3 is 2.50 bits per heavy atom. The van der Waals surface area contributed by atoms with Gasteiger partial charge in [0.2, 0.25) is 0 Å². The lowest BCUT2D eigenvalue weighted by atomic mass is 9.97. The Morgan fingerprint density at radius 1 is 1.31 bits per heavy atom. The molecule has 0 bridgehead atoms. The Hall–Kier alpha value is -0.220. The van der Waals surface area contributed by atoms with E-state index in [2.05, 4.69) is 19.2 Å². The van der Waals surface area contributed by atoms with Crippen LogP contribution in [0.1, 0.15) is 26.7 Å². The second-order valence-corrected chi connectivity index (χ2v) is 5.51. The zero-order valence-electron chi connectivity index (χ0n) is 10.1. The van der Waals surface area contributed by atoms with Crippen molar-refractivity contribution in [3.05, 3.63) is 0 Å². The van der Waals surface area contributed by atoms with Crippen LogP contribution in [0, 0.1) is 11.8 Å². The molecule has 0 spiro atoms. The molecule has 4 heteroatoms. The van der Waals surface area contributed by atoms with Crippen molar-refractivity contribution in [3.8, 4) is 0 Å². The molecule has 1 heterocycles. The number of hydrogen-bond acceptors (Lipinski definition) is 2. The Morgan fingerprint density at radius 2 is 2.00 bits per heavy atom. The zero-order chi connectivity index (χ0) is 11.7. The summed E-state index contributed by atoms with van der Waals surface area (Å²) in [4.78, 5) is 1.99. The first-order valence-electron chi connectivity index (χ1n) is 6.33. The molecular weight excluding hydrogens is 210 g/mol. The molecule has 1 saturated heterocycles. The molecular formula is C12H22F2N2. The highest BCUT2D eigenvalue weighted by Gasteiger charge is 2.38. The average molecular weight is 232 g/mol. The second kappa shape index (κ2) is 4.96. The summed E-state index contributed by atoms with van der Waals surface area (Å²) in [5, 5.41) is 3.53. The van der Waals surface area contributed by atoms with Crippen LogP contribution in [0.15, 0.2) is 0 Å². The van der Waals surface area contributed by atoms with Crippen LogP contribution in [0.5, 0.6) is 0 Å². The summed E-state index contributed by atoms with van der Waals surface area (Å²) in [5.41, 5.74) is 0. The lowest BCUT2D eigenvalue weighted by Gasteiger charge is -2.42. The van der Waals surface area contributed by atoms with E-state index in [4.69, 9.17) is 0 Å². The topological polar surface area (TPSA) is 15.3 Å². The maximum absolute atomic E-state index is 12.5. The number of rotatable bonds is 4. The van der Waals surface area contributed by atoms with Gasteiger partial charge in [0.15, 0.2) is 0 Å². The first-order valence-corrected chi connectivity index (χ1v) is 6.33. The van der Waals surface area contributed by atoms with Gasteiger partial charge in [0.05, 0.1) is 6.54 Å². The zero-order valence-corrected chi connectivity index (χ0v) is 10.1. The number of hydrogen-bond donors (Lipinski definition) is 1. The highest BCUT2D eigenvalue weighted by atomic mass is 19.3. The average Bonchev–Trinajstić information content (AvgIpc) is 2.99. The van der Waals surface area contributed by atoms with Crippen LogP contribution in [-0.2, 0) is 0 Å². The second-order valence-electron chi connectivity index (χ2n) is 5.51. The largest absolute Gasteiger partial charge is 0.311 e. The van der Waals surface area contributed by atoms with E-state index in [0.717, 1.165) is 19.0 Å². The number of nitrogens with one attached hydrogen (secondary N) is 1.